The van der Waals surface area contributed by atoms with Gasteiger partial charge in [0.2, 0.25) is 5.91 Å². The lowest BCUT2D eigenvalue weighted by atomic mass is 9.98. The molecule has 3 nitrogen and oxygen atoms in total. The summed E-state index contributed by atoms with van der Waals surface area (Å²) >= 11 is 0. The third kappa shape index (κ3) is 2.40. The van der Waals surface area contributed by atoms with Gasteiger partial charge >= 0.3 is 0 Å². The van der Waals surface area contributed by atoms with Crippen LogP contribution in [0, 0.1) is 17.8 Å². The molecule has 16 heavy (non-hydrogen) atoms. The van der Waals surface area contributed by atoms with Gasteiger partial charge in [0.1, 0.15) is 0 Å². The average molecular weight is 224 g/mol. The topological polar surface area (TPSA) is 46.3 Å². The molecule has 1 amide bonds. The molecular weight excluding hydrogens is 200 g/mol. The van der Waals surface area contributed by atoms with E-state index in [-0.39, 0.29) is 0 Å². The van der Waals surface area contributed by atoms with Crippen molar-refractivity contribution in [3.63, 3.8) is 0 Å². The van der Waals surface area contributed by atoms with Crippen molar-refractivity contribution in [2.45, 2.75) is 45.6 Å². The second-order valence-electron chi connectivity index (χ2n) is 5.90. The van der Waals surface area contributed by atoms with E-state index < -0.39 is 0 Å². The van der Waals surface area contributed by atoms with Crippen molar-refractivity contribution in [3.8, 4) is 0 Å². The molecule has 0 aromatic carbocycles. The van der Waals surface area contributed by atoms with E-state index in [9.17, 15) is 4.79 Å². The molecule has 1 aliphatic heterocycles. The SMILES string of the molecule is CC(C)CCC(=O)N1CC2CCC(N)C2C1. The van der Waals surface area contributed by atoms with Gasteiger partial charge in [0.25, 0.3) is 0 Å². The van der Waals surface area contributed by atoms with Crippen LogP contribution in [0.5, 0.6) is 0 Å². The van der Waals surface area contributed by atoms with Crippen LogP contribution in [0.1, 0.15) is 39.5 Å². The Morgan fingerprint density at radius 3 is 2.75 bits per heavy atom. The standard InChI is InChI=1S/C13H24N2O/c1-9(2)3-6-13(16)15-7-10-4-5-12(14)11(10)8-15/h9-12H,3-8,14H2,1-2H3. The fourth-order valence-corrected chi connectivity index (χ4v) is 3.08. The van der Waals surface area contributed by atoms with E-state index in [4.69, 9.17) is 5.73 Å². The minimum Gasteiger partial charge on any atom is -0.342 e. The summed E-state index contributed by atoms with van der Waals surface area (Å²) in [5.74, 6) is 2.24. The van der Waals surface area contributed by atoms with E-state index >= 15 is 0 Å². The van der Waals surface area contributed by atoms with Gasteiger partial charge in [-0.2, -0.15) is 0 Å². The number of nitrogens with zero attached hydrogens (tertiary/aromatic N) is 1. The molecule has 0 aromatic rings. The molecule has 0 aromatic heterocycles. The Balaban J connectivity index is 1.82. The summed E-state index contributed by atoms with van der Waals surface area (Å²) in [6.07, 6.45) is 4.10. The first kappa shape index (κ1) is 11.9. The quantitative estimate of drug-likeness (QED) is 0.792. The van der Waals surface area contributed by atoms with Crippen molar-refractivity contribution in [1.82, 2.24) is 4.90 Å². The van der Waals surface area contributed by atoms with Gasteiger partial charge in [-0.25, -0.2) is 0 Å². The van der Waals surface area contributed by atoms with Crippen LogP contribution in [0.15, 0.2) is 0 Å². The van der Waals surface area contributed by atoms with E-state index in [1.54, 1.807) is 0 Å². The molecule has 92 valence electrons. The fraction of sp³-hybridized carbons (Fsp3) is 0.923. The first-order valence-electron chi connectivity index (χ1n) is 6.61. The molecule has 2 N–H and O–H groups in total. The monoisotopic (exact) mass is 224 g/mol. The Labute approximate surface area is 98.4 Å². The zero-order valence-corrected chi connectivity index (χ0v) is 10.5. The molecule has 3 atom stereocenters. The molecule has 1 saturated heterocycles. The summed E-state index contributed by atoms with van der Waals surface area (Å²) in [7, 11) is 0. The summed E-state index contributed by atoms with van der Waals surface area (Å²) in [5, 5.41) is 0. The Morgan fingerprint density at radius 2 is 2.12 bits per heavy atom. The lowest BCUT2D eigenvalue weighted by Gasteiger charge is -2.19. The number of fused-ring (bicyclic) bond motifs is 1. The average Bonchev–Trinajstić information content (AvgIpc) is 2.78. The van der Waals surface area contributed by atoms with Crippen LogP contribution < -0.4 is 5.73 Å². The predicted molar refractivity (Wildman–Crippen MR) is 64.8 cm³/mol. The Hall–Kier alpha value is -0.570. The van der Waals surface area contributed by atoms with Gasteiger partial charge in [0.15, 0.2) is 0 Å². The normalized spacial score (nSPS) is 33.5. The summed E-state index contributed by atoms with van der Waals surface area (Å²) < 4.78 is 0. The third-order valence-corrected chi connectivity index (χ3v) is 4.20. The van der Waals surface area contributed by atoms with Crippen molar-refractivity contribution in [1.29, 1.82) is 0 Å². The van der Waals surface area contributed by atoms with Gasteiger partial charge in [-0.15, -0.1) is 0 Å². The highest BCUT2D eigenvalue weighted by atomic mass is 16.2. The van der Waals surface area contributed by atoms with E-state index in [1.807, 2.05) is 0 Å². The number of likely N-dealkylation sites (tertiary alicyclic amines) is 1. The largest absolute Gasteiger partial charge is 0.342 e. The summed E-state index contributed by atoms with van der Waals surface area (Å²) in [5.41, 5.74) is 6.07. The molecule has 1 aliphatic carbocycles. The summed E-state index contributed by atoms with van der Waals surface area (Å²) in [6, 6.07) is 0.341. The van der Waals surface area contributed by atoms with E-state index in [0.29, 0.717) is 36.1 Å². The Kier molecular flexibility index (Phi) is 3.53. The molecule has 2 rings (SSSR count). The maximum Gasteiger partial charge on any atom is 0.222 e. The van der Waals surface area contributed by atoms with Crippen molar-refractivity contribution < 1.29 is 4.79 Å². The van der Waals surface area contributed by atoms with Gasteiger partial charge in [-0.05, 0) is 37.0 Å². The van der Waals surface area contributed by atoms with Crippen LogP contribution in [0.3, 0.4) is 0 Å². The van der Waals surface area contributed by atoms with Gasteiger partial charge < -0.3 is 10.6 Å². The second-order valence-corrected chi connectivity index (χ2v) is 5.90. The van der Waals surface area contributed by atoms with Crippen molar-refractivity contribution in [2.24, 2.45) is 23.5 Å². The highest BCUT2D eigenvalue weighted by Gasteiger charge is 2.42. The third-order valence-electron chi connectivity index (χ3n) is 4.20. The summed E-state index contributed by atoms with van der Waals surface area (Å²) in [6.45, 7) is 6.22. The highest BCUT2D eigenvalue weighted by molar-refractivity contribution is 5.76. The van der Waals surface area contributed by atoms with Crippen molar-refractivity contribution in [2.75, 3.05) is 13.1 Å². The lowest BCUT2D eigenvalue weighted by molar-refractivity contribution is -0.130. The minimum atomic E-state index is 0.341. The molecular formula is C13H24N2O. The number of rotatable bonds is 3. The number of amides is 1. The van der Waals surface area contributed by atoms with Gasteiger partial charge in [-0.1, -0.05) is 13.8 Å². The number of hydrogen-bond donors (Lipinski definition) is 1. The maximum absolute atomic E-state index is 12.0. The van der Waals surface area contributed by atoms with Crippen LogP contribution in [-0.2, 0) is 4.79 Å². The van der Waals surface area contributed by atoms with Gasteiger partial charge in [0.05, 0.1) is 0 Å². The van der Waals surface area contributed by atoms with E-state index in [0.717, 1.165) is 25.9 Å². The molecule has 0 spiro atoms. The van der Waals surface area contributed by atoms with E-state index in [2.05, 4.69) is 18.7 Å². The smallest absolute Gasteiger partial charge is 0.222 e. The van der Waals surface area contributed by atoms with Crippen LogP contribution in [0.2, 0.25) is 0 Å². The van der Waals surface area contributed by atoms with Crippen LogP contribution >= 0.6 is 0 Å². The molecule has 0 bridgehead atoms. The fourth-order valence-electron chi connectivity index (χ4n) is 3.08. The molecule has 1 heterocycles. The number of hydrogen-bond acceptors (Lipinski definition) is 2. The second kappa shape index (κ2) is 4.74. The zero-order chi connectivity index (χ0) is 11.7. The molecule has 3 heteroatoms. The molecule has 3 unspecified atom stereocenters. The zero-order valence-electron chi connectivity index (χ0n) is 10.5. The van der Waals surface area contributed by atoms with Crippen molar-refractivity contribution >= 4 is 5.91 Å². The maximum atomic E-state index is 12.0. The minimum absolute atomic E-state index is 0.341. The highest BCUT2D eigenvalue weighted by Crippen LogP contribution is 2.37. The van der Waals surface area contributed by atoms with Crippen LogP contribution in [0.4, 0.5) is 0 Å². The first-order chi connectivity index (χ1) is 7.58. The van der Waals surface area contributed by atoms with Crippen molar-refractivity contribution in [3.05, 3.63) is 0 Å². The van der Waals surface area contributed by atoms with E-state index in [1.165, 1.54) is 6.42 Å². The van der Waals surface area contributed by atoms with Crippen LogP contribution in [0.25, 0.3) is 0 Å². The van der Waals surface area contributed by atoms with Crippen LogP contribution in [-0.4, -0.2) is 29.9 Å². The van der Waals surface area contributed by atoms with Gasteiger partial charge in [0, 0.05) is 25.6 Å². The predicted octanol–water partition coefficient (Wildman–Crippen LogP) is 1.62. The number of carbonyl (C=O) groups is 1. The first-order valence-corrected chi connectivity index (χ1v) is 6.61. The van der Waals surface area contributed by atoms with Gasteiger partial charge in [-0.3, -0.25) is 4.79 Å². The number of nitrogens with two attached hydrogens (primary N) is 1. The Morgan fingerprint density at radius 1 is 1.38 bits per heavy atom. The molecule has 1 saturated carbocycles. The summed E-state index contributed by atoms with van der Waals surface area (Å²) in [4.78, 5) is 14.0. The molecule has 0 radical (unpaired) electrons. The number of carbonyl (C=O) groups excluding carboxylic acids is 1. The lowest BCUT2D eigenvalue weighted by Crippen LogP contribution is -2.33. The molecule has 2 fully saturated rings. The Bertz CT molecular complexity index is 265. The molecule has 2 aliphatic rings.